The number of hydrogen-bond donors (Lipinski definition) is 2. The van der Waals surface area contributed by atoms with Crippen LogP contribution in [0.15, 0.2) is 54.6 Å². The average molecular weight is 395 g/mol. The molecule has 0 radical (unpaired) electrons. The second-order valence-corrected chi connectivity index (χ2v) is 7.60. The third kappa shape index (κ3) is 4.61. The van der Waals surface area contributed by atoms with E-state index in [1.54, 1.807) is 18.2 Å². The smallest absolute Gasteiger partial charge is 0.273 e. The quantitative estimate of drug-likeness (QED) is 0.642. The summed E-state index contributed by atoms with van der Waals surface area (Å²) in [5, 5.41) is 10.6. The van der Waals surface area contributed by atoms with Gasteiger partial charge in [0.2, 0.25) is 0 Å². The molecule has 4 rings (SSSR count). The lowest BCUT2D eigenvalue weighted by Crippen LogP contribution is -2.29. The van der Waals surface area contributed by atoms with Crippen molar-refractivity contribution in [2.24, 2.45) is 0 Å². The number of anilines is 1. The molecular formula is C22H23ClN4O. The lowest BCUT2D eigenvalue weighted by atomic mass is 10.1. The minimum atomic E-state index is -0.212. The van der Waals surface area contributed by atoms with Crippen LogP contribution in [0, 0.1) is 0 Å². The molecule has 0 unspecified atom stereocenters. The first-order chi connectivity index (χ1) is 13.7. The summed E-state index contributed by atoms with van der Waals surface area (Å²) >= 11 is 5.92. The molecule has 1 saturated heterocycles. The predicted molar refractivity (Wildman–Crippen MR) is 113 cm³/mol. The second-order valence-electron chi connectivity index (χ2n) is 7.16. The first-order valence-corrected chi connectivity index (χ1v) is 9.99. The van der Waals surface area contributed by atoms with Gasteiger partial charge < -0.3 is 5.32 Å². The highest BCUT2D eigenvalue weighted by molar-refractivity contribution is 6.30. The van der Waals surface area contributed by atoms with Crippen molar-refractivity contribution in [1.82, 2.24) is 15.1 Å². The summed E-state index contributed by atoms with van der Waals surface area (Å²) in [6, 6.07) is 17.2. The summed E-state index contributed by atoms with van der Waals surface area (Å²) < 4.78 is 0. The fraction of sp³-hybridized carbons (Fsp3) is 0.273. The zero-order chi connectivity index (χ0) is 19.3. The number of benzene rings is 2. The highest BCUT2D eigenvalue weighted by Gasteiger charge is 2.13. The van der Waals surface area contributed by atoms with Crippen LogP contribution < -0.4 is 5.32 Å². The van der Waals surface area contributed by atoms with Crippen LogP contribution in [-0.2, 0) is 6.54 Å². The van der Waals surface area contributed by atoms with Crippen molar-refractivity contribution in [2.45, 2.75) is 25.8 Å². The van der Waals surface area contributed by atoms with E-state index in [9.17, 15) is 4.79 Å². The minimum Gasteiger partial charge on any atom is -0.321 e. The molecule has 144 valence electrons. The summed E-state index contributed by atoms with van der Waals surface area (Å²) in [7, 11) is 0. The van der Waals surface area contributed by atoms with Gasteiger partial charge in [0, 0.05) is 22.8 Å². The lowest BCUT2D eigenvalue weighted by molar-refractivity contribution is 0.102. The van der Waals surface area contributed by atoms with Crippen LogP contribution in [0.3, 0.4) is 0 Å². The molecule has 1 aromatic heterocycles. The predicted octanol–water partition coefficient (Wildman–Crippen LogP) is 4.97. The molecule has 1 aliphatic rings. The molecule has 1 aliphatic heterocycles. The fourth-order valence-corrected chi connectivity index (χ4v) is 3.60. The van der Waals surface area contributed by atoms with Crippen molar-refractivity contribution < 1.29 is 4.79 Å². The number of halogens is 1. The summed E-state index contributed by atoms with van der Waals surface area (Å²) in [5.74, 6) is -0.212. The van der Waals surface area contributed by atoms with Crippen molar-refractivity contribution in [1.29, 1.82) is 0 Å². The normalized spacial score (nSPS) is 14.8. The highest BCUT2D eigenvalue weighted by atomic mass is 35.5. The molecule has 6 heteroatoms. The van der Waals surface area contributed by atoms with Gasteiger partial charge in [0.05, 0.1) is 5.69 Å². The average Bonchev–Trinajstić information content (AvgIpc) is 3.21. The molecule has 1 amide bonds. The van der Waals surface area contributed by atoms with Crippen molar-refractivity contribution in [3.8, 4) is 11.3 Å². The third-order valence-corrected chi connectivity index (χ3v) is 5.28. The van der Waals surface area contributed by atoms with Gasteiger partial charge in [-0.05, 0) is 61.8 Å². The number of rotatable bonds is 5. The van der Waals surface area contributed by atoms with Crippen LogP contribution in [0.5, 0.6) is 0 Å². The second kappa shape index (κ2) is 8.59. The van der Waals surface area contributed by atoms with E-state index in [2.05, 4.69) is 32.5 Å². The first kappa shape index (κ1) is 18.7. The zero-order valence-electron chi connectivity index (χ0n) is 15.6. The Morgan fingerprint density at radius 1 is 1.04 bits per heavy atom. The van der Waals surface area contributed by atoms with Crippen LogP contribution in [-0.4, -0.2) is 34.1 Å². The fourth-order valence-electron chi connectivity index (χ4n) is 3.47. The Balaban J connectivity index is 1.37. The van der Waals surface area contributed by atoms with Gasteiger partial charge in [-0.2, -0.15) is 5.10 Å². The minimum absolute atomic E-state index is 0.212. The number of likely N-dealkylation sites (tertiary alicyclic amines) is 1. The van der Waals surface area contributed by atoms with E-state index in [0.29, 0.717) is 16.4 Å². The summed E-state index contributed by atoms with van der Waals surface area (Å²) in [5.41, 5.74) is 4.07. The molecule has 2 N–H and O–H groups in total. The van der Waals surface area contributed by atoms with E-state index in [1.807, 2.05) is 24.3 Å². The van der Waals surface area contributed by atoms with Crippen molar-refractivity contribution in [3.63, 3.8) is 0 Å². The van der Waals surface area contributed by atoms with Gasteiger partial charge in [-0.1, -0.05) is 42.3 Å². The van der Waals surface area contributed by atoms with Gasteiger partial charge in [0.25, 0.3) is 5.91 Å². The number of carbonyl (C=O) groups is 1. The number of hydrogen-bond acceptors (Lipinski definition) is 3. The van der Waals surface area contributed by atoms with Gasteiger partial charge in [-0.25, -0.2) is 0 Å². The van der Waals surface area contributed by atoms with E-state index >= 15 is 0 Å². The Hall–Kier alpha value is -2.63. The Morgan fingerprint density at radius 3 is 2.46 bits per heavy atom. The van der Waals surface area contributed by atoms with Gasteiger partial charge in [0.1, 0.15) is 5.69 Å². The molecule has 3 aromatic rings. The molecule has 2 heterocycles. The van der Waals surface area contributed by atoms with E-state index in [0.717, 1.165) is 17.8 Å². The lowest BCUT2D eigenvalue weighted by Gasteiger charge is -2.26. The van der Waals surface area contributed by atoms with Crippen LogP contribution in [0.25, 0.3) is 11.3 Å². The molecule has 28 heavy (non-hydrogen) atoms. The summed E-state index contributed by atoms with van der Waals surface area (Å²) in [4.78, 5) is 15.0. The number of nitrogens with one attached hydrogen (secondary N) is 2. The number of nitrogens with zero attached hydrogens (tertiary/aromatic N) is 2. The van der Waals surface area contributed by atoms with E-state index in [-0.39, 0.29) is 5.91 Å². The molecule has 0 atom stereocenters. The number of amides is 1. The summed E-state index contributed by atoms with van der Waals surface area (Å²) in [6.07, 6.45) is 3.92. The molecule has 0 aliphatic carbocycles. The van der Waals surface area contributed by atoms with Gasteiger partial charge in [-0.3, -0.25) is 14.8 Å². The van der Waals surface area contributed by atoms with Gasteiger partial charge >= 0.3 is 0 Å². The summed E-state index contributed by atoms with van der Waals surface area (Å²) in [6.45, 7) is 3.32. The number of carbonyl (C=O) groups excluding carboxylic acids is 1. The topological polar surface area (TPSA) is 61.0 Å². The van der Waals surface area contributed by atoms with Gasteiger partial charge in [0.15, 0.2) is 0 Å². The maximum atomic E-state index is 12.5. The zero-order valence-corrected chi connectivity index (χ0v) is 16.4. The van der Waals surface area contributed by atoms with Gasteiger partial charge in [-0.15, -0.1) is 0 Å². The van der Waals surface area contributed by atoms with Crippen molar-refractivity contribution in [2.75, 3.05) is 18.4 Å². The standard InChI is InChI=1S/C22H23ClN4O/c23-18-8-6-17(7-9-18)20-14-21(26-25-20)22(28)24-19-10-4-16(5-11-19)15-27-12-2-1-3-13-27/h4-11,14H,1-3,12-13,15H2,(H,24,28)(H,25,26). The van der Waals surface area contributed by atoms with Crippen molar-refractivity contribution >= 4 is 23.2 Å². The molecule has 0 saturated carbocycles. The molecule has 2 aromatic carbocycles. The number of H-pyrrole nitrogens is 1. The molecule has 0 bridgehead atoms. The van der Waals surface area contributed by atoms with Crippen LogP contribution in [0.1, 0.15) is 35.3 Å². The van der Waals surface area contributed by atoms with E-state index < -0.39 is 0 Å². The number of aromatic nitrogens is 2. The SMILES string of the molecule is O=C(Nc1ccc(CN2CCCCC2)cc1)c1cc(-c2ccc(Cl)cc2)n[nH]1. The Labute approximate surface area is 169 Å². The van der Waals surface area contributed by atoms with Crippen LogP contribution in [0.4, 0.5) is 5.69 Å². The monoisotopic (exact) mass is 394 g/mol. The molecule has 0 spiro atoms. The maximum absolute atomic E-state index is 12.5. The number of aromatic amines is 1. The third-order valence-electron chi connectivity index (χ3n) is 5.03. The maximum Gasteiger partial charge on any atom is 0.273 e. The molecular weight excluding hydrogens is 372 g/mol. The van der Waals surface area contributed by atoms with Crippen molar-refractivity contribution in [3.05, 3.63) is 70.9 Å². The number of piperidine rings is 1. The highest BCUT2D eigenvalue weighted by Crippen LogP contribution is 2.21. The first-order valence-electron chi connectivity index (χ1n) is 9.61. The Kier molecular flexibility index (Phi) is 5.74. The van der Waals surface area contributed by atoms with Crippen LogP contribution in [0.2, 0.25) is 5.02 Å². The van der Waals surface area contributed by atoms with E-state index in [4.69, 9.17) is 11.6 Å². The Morgan fingerprint density at radius 2 is 1.75 bits per heavy atom. The largest absolute Gasteiger partial charge is 0.321 e. The molecule has 1 fully saturated rings. The van der Waals surface area contributed by atoms with E-state index in [1.165, 1.54) is 37.9 Å². The Bertz CT molecular complexity index is 928. The molecule has 5 nitrogen and oxygen atoms in total. The van der Waals surface area contributed by atoms with Crippen LogP contribution >= 0.6 is 11.6 Å².